The van der Waals surface area contributed by atoms with Gasteiger partial charge in [0, 0.05) is 32.4 Å². The first-order chi connectivity index (χ1) is 8.08. The molecule has 1 atom stereocenters. The average molecular weight is 235 g/mol. The zero-order valence-electron chi connectivity index (χ0n) is 10.8. The molecule has 94 valence electrons. The summed E-state index contributed by atoms with van der Waals surface area (Å²) in [5, 5.41) is 21.3. The first kappa shape index (κ1) is 13.8. The highest BCUT2D eigenvalue weighted by Gasteiger charge is 2.12. The van der Waals surface area contributed by atoms with Crippen molar-refractivity contribution in [3.63, 3.8) is 0 Å². The molecule has 1 rings (SSSR count). The van der Waals surface area contributed by atoms with Gasteiger partial charge in [0.1, 0.15) is 11.8 Å². The molecule has 2 N–H and O–H groups in total. The van der Waals surface area contributed by atoms with Crippen LogP contribution in [0.1, 0.15) is 31.5 Å². The number of aliphatic hydroxyl groups is 1. The topological polar surface area (TPSA) is 61.0 Å². The summed E-state index contributed by atoms with van der Waals surface area (Å²) in [6, 6.07) is 4.35. The third-order valence-corrected chi connectivity index (χ3v) is 2.99. The summed E-state index contributed by atoms with van der Waals surface area (Å²) < 4.78 is 1.83. The van der Waals surface area contributed by atoms with Gasteiger partial charge in [0.2, 0.25) is 0 Å². The van der Waals surface area contributed by atoms with E-state index in [4.69, 9.17) is 10.4 Å². The second-order valence-corrected chi connectivity index (χ2v) is 4.70. The Bertz CT molecular complexity index is 390. The van der Waals surface area contributed by atoms with Crippen molar-refractivity contribution in [3.05, 3.63) is 23.5 Å². The highest BCUT2D eigenvalue weighted by Crippen LogP contribution is 2.09. The number of nitriles is 1. The van der Waals surface area contributed by atoms with E-state index in [9.17, 15) is 0 Å². The Hall–Kier alpha value is -1.31. The fourth-order valence-corrected chi connectivity index (χ4v) is 1.90. The molecule has 0 spiro atoms. The van der Waals surface area contributed by atoms with Crippen molar-refractivity contribution < 1.29 is 5.11 Å². The van der Waals surface area contributed by atoms with Crippen molar-refractivity contribution >= 4 is 0 Å². The Morgan fingerprint density at radius 2 is 2.24 bits per heavy atom. The smallest absolute Gasteiger partial charge is 0.120 e. The minimum absolute atomic E-state index is 0.202. The van der Waals surface area contributed by atoms with Gasteiger partial charge < -0.3 is 15.0 Å². The lowest BCUT2D eigenvalue weighted by molar-refractivity contribution is 0.244. The van der Waals surface area contributed by atoms with Gasteiger partial charge in [-0.05, 0) is 24.0 Å². The standard InChI is InChI=1S/C13H21N3O/c1-10(2)13(4-5-17)15-8-11-6-12(7-14)16(3)9-11/h6,9-10,13,15,17H,4-5,8H2,1-3H3. The summed E-state index contributed by atoms with van der Waals surface area (Å²) in [5.74, 6) is 0.487. The molecule has 0 bridgehead atoms. The number of aliphatic hydroxyl groups excluding tert-OH is 1. The van der Waals surface area contributed by atoms with Crippen LogP contribution in [-0.4, -0.2) is 22.3 Å². The normalized spacial score (nSPS) is 12.7. The molecule has 0 saturated carbocycles. The van der Waals surface area contributed by atoms with Crippen molar-refractivity contribution in [3.8, 4) is 6.07 Å². The molecule has 17 heavy (non-hydrogen) atoms. The van der Waals surface area contributed by atoms with Gasteiger partial charge in [0.25, 0.3) is 0 Å². The van der Waals surface area contributed by atoms with E-state index in [1.165, 1.54) is 0 Å². The van der Waals surface area contributed by atoms with E-state index >= 15 is 0 Å². The van der Waals surface area contributed by atoms with Crippen LogP contribution in [0.25, 0.3) is 0 Å². The van der Waals surface area contributed by atoms with Crippen molar-refractivity contribution in [2.75, 3.05) is 6.61 Å². The lowest BCUT2D eigenvalue weighted by atomic mass is 10.0. The Morgan fingerprint density at radius 3 is 2.71 bits per heavy atom. The van der Waals surface area contributed by atoms with Crippen molar-refractivity contribution in [2.24, 2.45) is 13.0 Å². The van der Waals surface area contributed by atoms with Gasteiger partial charge in [0.15, 0.2) is 0 Å². The zero-order valence-corrected chi connectivity index (χ0v) is 10.8. The quantitative estimate of drug-likeness (QED) is 0.783. The summed E-state index contributed by atoms with van der Waals surface area (Å²) in [7, 11) is 1.87. The number of hydrogen-bond donors (Lipinski definition) is 2. The van der Waals surface area contributed by atoms with E-state index in [0.29, 0.717) is 17.7 Å². The average Bonchev–Trinajstić information content (AvgIpc) is 2.64. The number of nitrogens with zero attached hydrogens (tertiary/aromatic N) is 2. The molecule has 0 fully saturated rings. The SMILES string of the molecule is CC(C)C(CCO)NCc1cc(C#N)n(C)c1. The van der Waals surface area contributed by atoms with Crippen molar-refractivity contribution in [1.29, 1.82) is 5.26 Å². The number of rotatable bonds is 6. The summed E-state index contributed by atoms with van der Waals surface area (Å²) in [6.07, 6.45) is 2.72. The summed E-state index contributed by atoms with van der Waals surface area (Å²) in [5.41, 5.74) is 1.78. The molecule has 0 amide bonds. The maximum Gasteiger partial charge on any atom is 0.120 e. The Labute approximate surface area is 103 Å². The third-order valence-electron chi connectivity index (χ3n) is 2.99. The molecule has 0 aliphatic rings. The lowest BCUT2D eigenvalue weighted by Crippen LogP contribution is -2.34. The highest BCUT2D eigenvalue weighted by atomic mass is 16.3. The molecule has 0 aliphatic heterocycles. The van der Waals surface area contributed by atoms with Crippen molar-refractivity contribution in [2.45, 2.75) is 32.9 Å². The van der Waals surface area contributed by atoms with Crippen LogP contribution < -0.4 is 5.32 Å². The summed E-state index contributed by atoms with van der Waals surface area (Å²) in [4.78, 5) is 0. The second-order valence-electron chi connectivity index (χ2n) is 4.70. The molecule has 1 aromatic rings. The van der Waals surface area contributed by atoms with Crippen LogP contribution in [0.4, 0.5) is 0 Å². The van der Waals surface area contributed by atoms with Gasteiger partial charge in [-0.15, -0.1) is 0 Å². The fraction of sp³-hybridized carbons (Fsp3) is 0.615. The van der Waals surface area contributed by atoms with Gasteiger partial charge in [-0.25, -0.2) is 0 Å². The van der Waals surface area contributed by atoms with E-state index in [1.807, 2.05) is 23.9 Å². The van der Waals surface area contributed by atoms with Gasteiger partial charge in [0.05, 0.1) is 0 Å². The minimum atomic E-state index is 0.202. The molecule has 1 heterocycles. The lowest BCUT2D eigenvalue weighted by Gasteiger charge is -2.21. The molecule has 0 radical (unpaired) electrons. The largest absolute Gasteiger partial charge is 0.396 e. The van der Waals surface area contributed by atoms with Crippen LogP contribution in [0.3, 0.4) is 0 Å². The van der Waals surface area contributed by atoms with Crippen LogP contribution in [0.15, 0.2) is 12.3 Å². The molecule has 0 aromatic carbocycles. The van der Waals surface area contributed by atoms with E-state index in [0.717, 1.165) is 18.5 Å². The number of aryl methyl sites for hydroxylation is 1. The molecular weight excluding hydrogens is 214 g/mol. The highest BCUT2D eigenvalue weighted by molar-refractivity contribution is 5.28. The fourth-order valence-electron chi connectivity index (χ4n) is 1.90. The summed E-state index contributed by atoms with van der Waals surface area (Å²) in [6.45, 7) is 5.21. The van der Waals surface area contributed by atoms with E-state index in [1.54, 1.807) is 0 Å². The van der Waals surface area contributed by atoms with Crippen LogP contribution in [0.2, 0.25) is 0 Å². The molecule has 0 aliphatic carbocycles. The van der Waals surface area contributed by atoms with Crippen molar-refractivity contribution in [1.82, 2.24) is 9.88 Å². The molecule has 4 heteroatoms. The molecule has 1 unspecified atom stereocenters. The van der Waals surface area contributed by atoms with Gasteiger partial charge in [-0.1, -0.05) is 13.8 Å². The monoisotopic (exact) mass is 235 g/mol. The molecule has 1 aromatic heterocycles. The molecule has 4 nitrogen and oxygen atoms in total. The summed E-state index contributed by atoms with van der Waals surface area (Å²) >= 11 is 0. The zero-order chi connectivity index (χ0) is 12.8. The predicted octanol–water partition coefficient (Wildman–Crippen LogP) is 1.39. The Morgan fingerprint density at radius 1 is 1.53 bits per heavy atom. The van der Waals surface area contributed by atoms with Gasteiger partial charge in [-0.3, -0.25) is 0 Å². The van der Waals surface area contributed by atoms with Crippen LogP contribution >= 0.6 is 0 Å². The van der Waals surface area contributed by atoms with Crippen LogP contribution in [0, 0.1) is 17.2 Å². The van der Waals surface area contributed by atoms with Crippen LogP contribution in [-0.2, 0) is 13.6 Å². The minimum Gasteiger partial charge on any atom is -0.396 e. The van der Waals surface area contributed by atoms with Gasteiger partial charge in [-0.2, -0.15) is 5.26 Å². The number of nitrogens with one attached hydrogen (secondary N) is 1. The maximum atomic E-state index is 8.98. The van der Waals surface area contributed by atoms with E-state index in [-0.39, 0.29) is 6.61 Å². The molecular formula is C13H21N3O. The first-order valence-electron chi connectivity index (χ1n) is 5.98. The maximum absolute atomic E-state index is 8.98. The first-order valence-corrected chi connectivity index (χ1v) is 5.98. The Kier molecular flexibility index (Phi) is 5.20. The third kappa shape index (κ3) is 3.88. The van der Waals surface area contributed by atoms with Gasteiger partial charge >= 0.3 is 0 Å². The Balaban J connectivity index is 2.56. The second kappa shape index (κ2) is 6.43. The number of aromatic nitrogens is 1. The predicted molar refractivity (Wildman–Crippen MR) is 67.3 cm³/mol. The van der Waals surface area contributed by atoms with Crippen LogP contribution in [0.5, 0.6) is 0 Å². The molecule has 0 saturated heterocycles. The van der Waals surface area contributed by atoms with E-state index in [2.05, 4.69) is 25.2 Å². The number of hydrogen-bond acceptors (Lipinski definition) is 3. The van der Waals surface area contributed by atoms with E-state index < -0.39 is 0 Å².